The zero-order valence-corrected chi connectivity index (χ0v) is 18.9. The standard InChI is InChI=1S/C25H34N2O5/c1-2-31-23(29)13-17-5-7-21(8-6-17)32-22(28)4-3-9-26-24(30)27-25-14-18-10-19(15-25)12-20(11-18)16-25/h5-8,18-20H,2-4,9-16H2,1H3,(H2,26,27,30). The summed E-state index contributed by atoms with van der Waals surface area (Å²) >= 11 is 0. The maximum atomic E-state index is 12.4. The van der Waals surface area contributed by atoms with Crippen LogP contribution in [0, 0.1) is 17.8 Å². The summed E-state index contributed by atoms with van der Waals surface area (Å²) in [7, 11) is 0. The Bertz CT molecular complexity index is 800. The van der Waals surface area contributed by atoms with E-state index >= 15 is 0 Å². The van der Waals surface area contributed by atoms with Crippen molar-refractivity contribution >= 4 is 18.0 Å². The van der Waals surface area contributed by atoms with Gasteiger partial charge in [-0.15, -0.1) is 0 Å². The van der Waals surface area contributed by atoms with Gasteiger partial charge in [-0.05, 0) is 87.3 Å². The van der Waals surface area contributed by atoms with Crippen LogP contribution in [-0.4, -0.2) is 36.7 Å². The van der Waals surface area contributed by atoms with E-state index in [9.17, 15) is 14.4 Å². The maximum Gasteiger partial charge on any atom is 0.315 e. The minimum absolute atomic E-state index is 0.00277. The third kappa shape index (κ3) is 5.81. The third-order valence-electron chi connectivity index (χ3n) is 7.07. The average Bonchev–Trinajstić information content (AvgIpc) is 2.71. The molecular weight excluding hydrogens is 408 g/mol. The van der Waals surface area contributed by atoms with Gasteiger partial charge in [-0.2, -0.15) is 0 Å². The highest BCUT2D eigenvalue weighted by Crippen LogP contribution is 2.55. The van der Waals surface area contributed by atoms with Gasteiger partial charge in [-0.25, -0.2) is 4.79 Å². The number of carbonyl (C=O) groups excluding carboxylic acids is 3. The molecule has 4 aliphatic carbocycles. The lowest BCUT2D eigenvalue weighted by Crippen LogP contribution is -2.61. The minimum atomic E-state index is -0.341. The normalized spacial score (nSPS) is 27.6. The number of nitrogens with one attached hydrogen (secondary N) is 2. The number of carbonyl (C=O) groups is 3. The first-order valence-corrected chi connectivity index (χ1v) is 11.9. The van der Waals surface area contributed by atoms with Gasteiger partial charge >= 0.3 is 18.0 Å². The first kappa shape index (κ1) is 22.6. The van der Waals surface area contributed by atoms with Gasteiger partial charge in [0.15, 0.2) is 0 Å². The minimum Gasteiger partial charge on any atom is -0.466 e. The van der Waals surface area contributed by atoms with E-state index in [-0.39, 0.29) is 36.4 Å². The molecule has 0 heterocycles. The van der Waals surface area contributed by atoms with Crippen LogP contribution in [-0.2, 0) is 20.7 Å². The molecule has 2 amide bonds. The highest BCUT2D eigenvalue weighted by Gasteiger charge is 2.51. The quantitative estimate of drug-likeness (QED) is 0.345. The van der Waals surface area contributed by atoms with Crippen molar-refractivity contribution in [3.05, 3.63) is 29.8 Å². The molecule has 0 radical (unpaired) electrons. The second-order valence-corrected chi connectivity index (χ2v) is 9.78. The summed E-state index contributed by atoms with van der Waals surface area (Å²) in [5.41, 5.74) is 0.800. The molecule has 5 rings (SSSR count). The van der Waals surface area contributed by atoms with Crippen LogP contribution in [0.15, 0.2) is 24.3 Å². The molecule has 4 fully saturated rings. The SMILES string of the molecule is CCOC(=O)Cc1ccc(OC(=O)CCCNC(=O)NC23CC4CC(CC(C4)C2)C3)cc1. The predicted molar refractivity (Wildman–Crippen MR) is 119 cm³/mol. The van der Waals surface area contributed by atoms with Crippen molar-refractivity contribution in [1.29, 1.82) is 0 Å². The first-order valence-electron chi connectivity index (χ1n) is 11.9. The molecule has 0 aliphatic heterocycles. The molecule has 4 bridgehead atoms. The lowest BCUT2D eigenvalue weighted by Gasteiger charge is -2.56. The Labute approximate surface area is 189 Å². The van der Waals surface area contributed by atoms with E-state index in [1.807, 2.05) is 0 Å². The van der Waals surface area contributed by atoms with Crippen molar-refractivity contribution in [2.24, 2.45) is 17.8 Å². The van der Waals surface area contributed by atoms with E-state index in [4.69, 9.17) is 9.47 Å². The highest BCUT2D eigenvalue weighted by molar-refractivity contribution is 5.75. The second kappa shape index (κ2) is 9.92. The van der Waals surface area contributed by atoms with Crippen molar-refractivity contribution in [2.45, 2.75) is 70.3 Å². The Morgan fingerprint density at radius 2 is 1.59 bits per heavy atom. The summed E-state index contributed by atoms with van der Waals surface area (Å²) in [5, 5.41) is 6.19. The van der Waals surface area contributed by atoms with Crippen molar-refractivity contribution in [1.82, 2.24) is 10.6 Å². The van der Waals surface area contributed by atoms with Crippen LogP contribution in [0.2, 0.25) is 0 Å². The van der Waals surface area contributed by atoms with Crippen molar-refractivity contribution in [3.8, 4) is 5.75 Å². The van der Waals surface area contributed by atoms with Crippen LogP contribution in [0.4, 0.5) is 4.79 Å². The number of esters is 2. The number of hydrogen-bond acceptors (Lipinski definition) is 5. The zero-order chi connectivity index (χ0) is 22.6. The third-order valence-corrected chi connectivity index (χ3v) is 7.07. The molecule has 0 atom stereocenters. The molecule has 32 heavy (non-hydrogen) atoms. The molecule has 4 saturated carbocycles. The molecule has 174 valence electrons. The van der Waals surface area contributed by atoms with Crippen LogP contribution in [0.5, 0.6) is 5.75 Å². The lowest BCUT2D eigenvalue weighted by molar-refractivity contribution is -0.142. The van der Waals surface area contributed by atoms with Crippen molar-refractivity contribution < 1.29 is 23.9 Å². The number of rotatable bonds is 9. The van der Waals surface area contributed by atoms with Crippen LogP contribution >= 0.6 is 0 Å². The van der Waals surface area contributed by atoms with E-state index in [1.165, 1.54) is 19.3 Å². The Hall–Kier alpha value is -2.57. The summed E-state index contributed by atoms with van der Waals surface area (Å²) in [5.74, 6) is 2.18. The number of hydrogen-bond donors (Lipinski definition) is 2. The van der Waals surface area contributed by atoms with Gasteiger partial charge in [0.25, 0.3) is 0 Å². The summed E-state index contributed by atoms with van der Waals surface area (Å²) in [6, 6.07) is 6.72. The fraction of sp³-hybridized carbons (Fsp3) is 0.640. The molecule has 0 aromatic heterocycles. The van der Waals surface area contributed by atoms with Crippen molar-refractivity contribution in [2.75, 3.05) is 13.2 Å². The number of amides is 2. The fourth-order valence-corrected chi connectivity index (χ4v) is 6.22. The molecule has 0 spiro atoms. The van der Waals surface area contributed by atoms with Gasteiger partial charge in [0.2, 0.25) is 0 Å². The molecule has 7 heteroatoms. The Kier molecular flexibility index (Phi) is 7.01. The average molecular weight is 443 g/mol. The number of urea groups is 1. The second-order valence-electron chi connectivity index (χ2n) is 9.78. The molecule has 1 aromatic carbocycles. The lowest BCUT2D eigenvalue weighted by atomic mass is 9.53. The van der Waals surface area contributed by atoms with Gasteiger partial charge in [-0.1, -0.05) is 12.1 Å². The van der Waals surface area contributed by atoms with Gasteiger partial charge in [-0.3, -0.25) is 9.59 Å². The molecule has 0 unspecified atom stereocenters. The fourth-order valence-electron chi connectivity index (χ4n) is 6.22. The monoisotopic (exact) mass is 442 g/mol. The summed E-state index contributed by atoms with van der Waals surface area (Å²) in [6.07, 6.45) is 8.34. The molecule has 1 aromatic rings. The smallest absolute Gasteiger partial charge is 0.315 e. The van der Waals surface area contributed by atoms with Gasteiger partial charge in [0.05, 0.1) is 13.0 Å². The first-order chi connectivity index (χ1) is 15.4. The highest BCUT2D eigenvalue weighted by atomic mass is 16.5. The molecule has 2 N–H and O–H groups in total. The number of ether oxygens (including phenoxy) is 2. The molecule has 4 aliphatic rings. The van der Waals surface area contributed by atoms with Gasteiger partial charge in [0.1, 0.15) is 5.75 Å². The van der Waals surface area contributed by atoms with Crippen LogP contribution in [0.1, 0.15) is 63.9 Å². The zero-order valence-electron chi connectivity index (χ0n) is 18.9. The summed E-state index contributed by atoms with van der Waals surface area (Å²) < 4.78 is 10.3. The molecule has 7 nitrogen and oxygen atoms in total. The van der Waals surface area contributed by atoms with E-state index in [2.05, 4.69) is 10.6 Å². The van der Waals surface area contributed by atoms with Crippen LogP contribution in [0.25, 0.3) is 0 Å². The van der Waals surface area contributed by atoms with E-state index < -0.39 is 0 Å². The van der Waals surface area contributed by atoms with Crippen LogP contribution < -0.4 is 15.4 Å². The van der Waals surface area contributed by atoms with E-state index in [1.54, 1.807) is 31.2 Å². The van der Waals surface area contributed by atoms with E-state index in [0.717, 1.165) is 42.6 Å². The Balaban J connectivity index is 1.13. The largest absolute Gasteiger partial charge is 0.466 e. The topological polar surface area (TPSA) is 93.7 Å². The molecular formula is C25H34N2O5. The van der Waals surface area contributed by atoms with E-state index in [0.29, 0.717) is 25.3 Å². The van der Waals surface area contributed by atoms with Crippen LogP contribution in [0.3, 0.4) is 0 Å². The predicted octanol–water partition coefficient (Wildman–Crippen LogP) is 3.75. The maximum absolute atomic E-state index is 12.4. The Morgan fingerprint density at radius 3 is 2.19 bits per heavy atom. The van der Waals surface area contributed by atoms with Crippen molar-refractivity contribution in [3.63, 3.8) is 0 Å². The molecule has 0 saturated heterocycles. The number of benzene rings is 1. The van der Waals surface area contributed by atoms with Gasteiger partial charge < -0.3 is 20.1 Å². The summed E-state index contributed by atoms with van der Waals surface area (Å²) in [6.45, 7) is 2.56. The van der Waals surface area contributed by atoms with Gasteiger partial charge in [0, 0.05) is 18.5 Å². The Morgan fingerprint density at radius 1 is 0.969 bits per heavy atom. The summed E-state index contributed by atoms with van der Waals surface area (Å²) in [4.78, 5) is 36.0.